The van der Waals surface area contributed by atoms with Crippen molar-refractivity contribution in [2.75, 3.05) is 0 Å². The van der Waals surface area contributed by atoms with E-state index in [1.165, 1.54) is 22.5 Å². The number of rotatable bonds is 7. The van der Waals surface area contributed by atoms with Gasteiger partial charge >= 0.3 is 11.9 Å². The SMILES string of the molecule is Cc1cc(C(F)(F)F)nn1CCc1nnc(CCn2cc([N+](=O)[O-])cn2)o1. The summed E-state index contributed by atoms with van der Waals surface area (Å²) in [5, 5.41) is 25.7. The third-order valence-electron chi connectivity index (χ3n) is 3.70. The summed E-state index contributed by atoms with van der Waals surface area (Å²) in [5.41, 5.74) is -0.684. The number of nitro groups is 1. The van der Waals surface area contributed by atoms with Crippen LogP contribution in [0.4, 0.5) is 18.9 Å². The molecule has 3 rings (SSSR count). The van der Waals surface area contributed by atoms with Gasteiger partial charge in [0.05, 0.1) is 4.92 Å². The van der Waals surface area contributed by atoms with E-state index in [1.807, 2.05) is 0 Å². The zero-order valence-electron chi connectivity index (χ0n) is 14.0. The maximum absolute atomic E-state index is 12.7. The average Bonchev–Trinajstić information content (AvgIpc) is 3.30. The Labute approximate surface area is 149 Å². The summed E-state index contributed by atoms with van der Waals surface area (Å²) in [7, 11) is 0. The van der Waals surface area contributed by atoms with Crippen molar-refractivity contribution >= 4 is 5.69 Å². The molecule has 0 bridgehead atoms. The molecule has 3 aromatic heterocycles. The van der Waals surface area contributed by atoms with Gasteiger partial charge in [0.15, 0.2) is 5.69 Å². The zero-order chi connectivity index (χ0) is 19.6. The van der Waals surface area contributed by atoms with Gasteiger partial charge in [0.25, 0.3) is 0 Å². The fraction of sp³-hybridized carbons (Fsp3) is 0.429. The van der Waals surface area contributed by atoms with Crippen LogP contribution in [0.2, 0.25) is 0 Å². The number of hydrogen-bond donors (Lipinski definition) is 0. The second-order valence-electron chi connectivity index (χ2n) is 5.70. The Hall–Kier alpha value is -3.25. The van der Waals surface area contributed by atoms with Gasteiger partial charge < -0.3 is 4.42 Å². The fourth-order valence-corrected chi connectivity index (χ4v) is 2.35. The molecule has 0 radical (unpaired) electrons. The Morgan fingerprint density at radius 2 is 1.89 bits per heavy atom. The van der Waals surface area contributed by atoms with E-state index in [-0.39, 0.29) is 24.5 Å². The lowest BCUT2D eigenvalue weighted by Crippen LogP contribution is -2.09. The molecule has 0 atom stereocenters. The predicted molar refractivity (Wildman–Crippen MR) is 82.6 cm³/mol. The Morgan fingerprint density at radius 3 is 2.44 bits per heavy atom. The third-order valence-corrected chi connectivity index (χ3v) is 3.70. The maximum atomic E-state index is 12.7. The third kappa shape index (κ3) is 4.48. The van der Waals surface area contributed by atoms with Gasteiger partial charge in [0.1, 0.15) is 12.4 Å². The van der Waals surface area contributed by atoms with Crippen LogP contribution in [0.25, 0.3) is 0 Å². The van der Waals surface area contributed by atoms with Crippen LogP contribution in [0.15, 0.2) is 22.9 Å². The van der Waals surface area contributed by atoms with Crippen molar-refractivity contribution in [1.29, 1.82) is 0 Å². The standard InChI is InChI=1S/C14H14F3N7O3/c1-9-6-11(14(15,16)17)21-23(9)5-3-13-20-19-12(27-13)2-4-22-8-10(7-18-22)24(25)26/h6-8H,2-5H2,1H3. The summed E-state index contributed by atoms with van der Waals surface area (Å²) in [5.74, 6) is 0.566. The second kappa shape index (κ2) is 7.17. The molecule has 0 aliphatic carbocycles. The number of aromatic nitrogens is 6. The molecule has 144 valence electrons. The minimum absolute atomic E-state index is 0.117. The van der Waals surface area contributed by atoms with E-state index in [2.05, 4.69) is 20.4 Å². The summed E-state index contributed by atoms with van der Waals surface area (Å²) in [6.45, 7) is 2.00. The van der Waals surface area contributed by atoms with Crippen LogP contribution in [-0.2, 0) is 32.1 Å². The summed E-state index contributed by atoms with van der Waals surface area (Å²) < 4.78 is 46.0. The Kier molecular flexibility index (Phi) is 4.92. The molecule has 13 heteroatoms. The smallest absolute Gasteiger partial charge is 0.425 e. The van der Waals surface area contributed by atoms with Gasteiger partial charge in [0.2, 0.25) is 11.8 Å². The van der Waals surface area contributed by atoms with Crippen molar-refractivity contribution in [3.05, 3.63) is 51.7 Å². The molecule has 3 heterocycles. The Balaban J connectivity index is 1.55. The number of alkyl halides is 3. The molecule has 0 amide bonds. The average molecular weight is 385 g/mol. The fourth-order valence-electron chi connectivity index (χ4n) is 2.35. The van der Waals surface area contributed by atoms with E-state index in [9.17, 15) is 23.3 Å². The van der Waals surface area contributed by atoms with Crippen molar-refractivity contribution in [2.24, 2.45) is 0 Å². The summed E-state index contributed by atoms with van der Waals surface area (Å²) >= 11 is 0. The molecular weight excluding hydrogens is 371 g/mol. The van der Waals surface area contributed by atoms with Crippen molar-refractivity contribution in [3.63, 3.8) is 0 Å². The van der Waals surface area contributed by atoms with Gasteiger partial charge in [-0.15, -0.1) is 10.2 Å². The van der Waals surface area contributed by atoms with Crippen molar-refractivity contribution in [1.82, 2.24) is 29.8 Å². The van der Waals surface area contributed by atoms with Crippen molar-refractivity contribution < 1.29 is 22.5 Å². The maximum Gasteiger partial charge on any atom is 0.435 e. The summed E-state index contributed by atoms with van der Waals surface area (Å²) in [6.07, 6.45) is -1.53. The second-order valence-corrected chi connectivity index (χ2v) is 5.70. The highest BCUT2D eigenvalue weighted by atomic mass is 19.4. The number of nitrogens with zero attached hydrogens (tertiary/aromatic N) is 7. The monoisotopic (exact) mass is 385 g/mol. The van der Waals surface area contributed by atoms with Crippen LogP contribution in [0.3, 0.4) is 0 Å². The molecule has 0 saturated carbocycles. The molecule has 0 aliphatic heterocycles. The lowest BCUT2D eigenvalue weighted by Gasteiger charge is -2.02. The number of aryl methyl sites for hydroxylation is 5. The Bertz CT molecular complexity index is 944. The van der Waals surface area contributed by atoms with Crippen LogP contribution in [-0.4, -0.2) is 34.7 Å². The molecule has 0 aliphatic rings. The molecule has 0 saturated heterocycles. The molecular formula is C14H14F3N7O3. The minimum atomic E-state index is -4.49. The lowest BCUT2D eigenvalue weighted by atomic mass is 10.3. The first kappa shape index (κ1) is 18.5. The van der Waals surface area contributed by atoms with E-state index >= 15 is 0 Å². The first-order valence-corrected chi connectivity index (χ1v) is 7.82. The summed E-state index contributed by atoms with van der Waals surface area (Å²) in [6, 6.07) is 0.975. The molecule has 0 fully saturated rings. The first-order chi connectivity index (χ1) is 12.7. The van der Waals surface area contributed by atoms with Gasteiger partial charge in [-0.3, -0.25) is 19.5 Å². The normalized spacial score (nSPS) is 11.9. The first-order valence-electron chi connectivity index (χ1n) is 7.82. The topological polar surface area (TPSA) is 118 Å². The molecule has 3 aromatic rings. The van der Waals surface area contributed by atoms with Crippen molar-refractivity contribution in [2.45, 2.75) is 39.0 Å². The van der Waals surface area contributed by atoms with E-state index in [4.69, 9.17) is 4.42 Å². The van der Waals surface area contributed by atoms with Crippen LogP contribution >= 0.6 is 0 Å². The highest BCUT2D eigenvalue weighted by molar-refractivity contribution is 5.20. The molecule has 0 spiro atoms. The van der Waals surface area contributed by atoms with Gasteiger partial charge in [0, 0.05) is 31.6 Å². The molecule has 0 aromatic carbocycles. The van der Waals surface area contributed by atoms with E-state index in [0.717, 1.165) is 12.3 Å². The van der Waals surface area contributed by atoms with Crippen LogP contribution < -0.4 is 0 Å². The molecule has 0 N–H and O–H groups in total. The molecule has 0 unspecified atom stereocenters. The lowest BCUT2D eigenvalue weighted by molar-refractivity contribution is -0.385. The van der Waals surface area contributed by atoms with Crippen molar-refractivity contribution in [3.8, 4) is 0 Å². The number of hydrogen-bond acceptors (Lipinski definition) is 7. The van der Waals surface area contributed by atoms with Crippen LogP contribution in [0.1, 0.15) is 23.2 Å². The highest BCUT2D eigenvalue weighted by Gasteiger charge is 2.34. The van der Waals surface area contributed by atoms with Gasteiger partial charge in [-0.2, -0.15) is 23.4 Å². The van der Waals surface area contributed by atoms with Crippen LogP contribution in [0.5, 0.6) is 0 Å². The van der Waals surface area contributed by atoms with Gasteiger partial charge in [-0.25, -0.2) is 0 Å². The largest absolute Gasteiger partial charge is 0.435 e. The minimum Gasteiger partial charge on any atom is -0.425 e. The zero-order valence-corrected chi connectivity index (χ0v) is 14.0. The van der Waals surface area contributed by atoms with Gasteiger partial charge in [-0.1, -0.05) is 0 Å². The molecule has 27 heavy (non-hydrogen) atoms. The van der Waals surface area contributed by atoms with E-state index in [1.54, 1.807) is 0 Å². The van der Waals surface area contributed by atoms with Crippen LogP contribution in [0, 0.1) is 17.0 Å². The Morgan fingerprint density at radius 1 is 1.22 bits per heavy atom. The molecule has 10 nitrogen and oxygen atoms in total. The van der Waals surface area contributed by atoms with E-state index in [0.29, 0.717) is 24.6 Å². The van der Waals surface area contributed by atoms with Gasteiger partial charge in [-0.05, 0) is 13.0 Å². The summed E-state index contributed by atoms with van der Waals surface area (Å²) in [4.78, 5) is 10.1. The predicted octanol–water partition coefficient (Wildman–Crippen LogP) is 2.18. The van der Waals surface area contributed by atoms with E-state index < -0.39 is 16.8 Å². The highest BCUT2D eigenvalue weighted by Crippen LogP contribution is 2.28. The quantitative estimate of drug-likeness (QED) is 0.452. The number of halogens is 3.